The molecule has 198 valence electrons. The third kappa shape index (κ3) is 6.41. The maximum atomic E-state index is 13.0. The lowest BCUT2D eigenvalue weighted by molar-refractivity contribution is -0.156. The van der Waals surface area contributed by atoms with Gasteiger partial charge in [-0.3, -0.25) is 14.4 Å². The highest BCUT2D eigenvalue weighted by Gasteiger charge is 2.76. The van der Waals surface area contributed by atoms with E-state index >= 15 is 0 Å². The number of ether oxygens (including phenoxy) is 3. The summed E-state index contributed by atoms with van der Waals surface area (Å²) in [7, 11) is 0. The van der Waals surface area contributed by atoms with Gasteiger partial charge in [0.05, 0.1) is 25.2 Å². The van der Waals surface area contributed by atoms with Crippen molar-refractivity contribution in [1.82, 2.24) is 16.0 Å². The summed E-state index contributed by atoms with van der Waals surface area (Å²) in [6.07, 6.45) is -1.93. The van der Waals surface area contributed by atoms with Crippen LogP contribution in [0.1, 0.15) is 54.9 Å². The average molecular weight is 500 g/mol. The summed E-state index contributed by atoms with van der Waals surface area (Å²) in [4.78, 5) is 62.7. The molecule has 0 aromatic carbocycles. The van der Waals surface area contributed by atoms with E-state index in [1.165, 1.54) is 13.8 Å². The highest BCUT2D eigenvalue weighted by molar-refractivity contribution is 5.95. The fourth-order valence-corrected chi connectivity index (χ4v) is 4.54. The van der Waals surface area contributed by atoms with Crippen LogP contribution in [-0.2, 0) is 33.4 Å². The highest BCUT2D eigenvalue weighted by Crippen LogP contribution is 2.63. The molecule has 4 N–H and O–H groups in total. The summed E-state index contributed by atoms with van der Waals surface area (Å²) >= 11 is 0. The lowest BCUT2D eigenvalue weighted by atomic mass is 9.89. The van der Waals surface area contributed by atoms with E-state index < -0.39 is 76.9 Å². The molecule has 0 aromatic rings. The summed E-state index contributed by atoms with van der Waals surface area (Å²) in [6.45, 7) is 11.3. The molecule has 35 heavy (non-hydrogen) atoms. The van der Waals surface area contributed by atoms with Gasteiger partial charge >= 0.3 is 18.0 Å². The number of aliphatic hydroxyl groups is 1. The van der Waals surface area contributed by atoms with Crippen LogP contribution >= 0.6 is 0 Å². The van der Waals surface area contributed by atoms with Gasteiger partial charge in [-0.25, -0.2) is 9.59 Å². The van der Waals surface area contributed by atoms with Crippen LogP contribution in [0.15, 0.2) is 0 Å². The van der Waals surface area contributed by atoms with E-state index in [-0.39, 0.29) is 19.6 Å². The van der Waals surface area contributed by atoms with Crippen LogP contribution in [0, 0.1) is 17.8 Å². The van der Waals surface area contributed by atoms with Crippen LogP contribution in [0.2, 0.25) is 0 Å². The van der Waals surface area contributed by atoms with Crippen molar-refractivity contribution >= 4 is 29.8 Å². The second kappa shape index (κ2) is 10.8. The molecule has 7 atom stereocenters. The van der Waals surface area contributed by atoms with Gasteiger partial charge in [0.1, 0.15) is 23.2 Å². The van der Waals surface area contributed by atoms with Crippen molar-refractivity contribution in [2.45, 2.75) is 84.2 Å². The zero-order chi connectivity index (χ0) is 26.7. The van der Waals surface area contributed by atoms with Crippen molar-refractivity contribution in [3.8, 4) is 0 Å². The lowest BCUT2D eigenvalue weighted by Crippen LogP contribution is -2.61. The van der Waals surface area contributed by atoms with Gasteiger partial charge in [-0.15, -0.1) is 0 Å². The molecule has 0 radical (unpaired) electrons. The second-order valence-electron chi connectivity index (χ2n) is 9.93. The topological polar surface area (TPSA) is 169 Å². The minimum Gasteiger partial charge on any atom is -0.466 e. The maximum absolute atomic E-state index is 13.0. The van der Waals surface area contributed by atoms with E-state index in [2.05, 4.69) is 16.0 Å². The molecule has 0 bridgehead atoms. The number of nitrogens with one attached hydrogen (secondary N) is 3. The van der Waals surface area contributed by atoms with E-state index in [1.54, 1.807) is 34.6 Å². The Morgan fingerprint density at radius 1 is 0.971 bits per heavy atom. The summed E-state index contributed by atoms with van der Waals surface area (Å²) in [5.74, 6) is -4.64. The van der Waals surface area contributed by atoms with Gasteiger partial charge in [0.15, 0.2) is 0 Å². The molecular formula is C23H37N3O9. The van der Waals surface area contributed by atoms with Crippen LogP contribution in [0.5, 0.6) is 0 Å². The van der Waals surface area contributed by atoms with Crippen LogP contribution in [-0.4, -0.2) is 77.5 Å². The van der Waals surface area contributed by atoms with Crippen LogP contribution in [0.25, 0.3) is 0 Å². The molecular weight excluding hydrogens is 462 g/mol. The van der Waals surface area contributed by atoms with E-state index in [4.69, 9.17) is 14.2 Å². The molecule has 0 spiro atoms. The fraction of sp³-hybridized carbons (Fsp3) is 0.783. The Morgan fingerprint density at radius 3 is 2.09 bits per heavy atom. The number of hydrogen-bond acceptors (Lipinski definition) is 9. The molecule has 2 saturated carbocycles. The minimum absolute atomic E-state index is 0.0359. The number of fused-ring (bicyclic) bond motifs is 1. The smallest absolute Gasteiger partial charge is 0.408 e. The maximum Gasteiger partial charge on any atom is 0.408 e. The van der Waals surface area contributed by atoms with Crippen molar-refractivity contribution in [2.24, 2.45) is 17.8 Å². The van der Waals surface area contributed by atoms with Gasteiger partial charge in [-0.1, -0.05) is 0 Å². The third-order valence-corrected chi connectivity index (χ3v) is 6.04. The number of aliphatic hydroxyl groups excluding tert-OH is 1. The van der Waals surface area contributed by atoms with E-state index in [1.807, 2.05) is 0 Å². The van der Waals surface area contributed by atoms with E-state index in [0.717, 1.165) is 0 Å². The number of carbonyl (C=O) groups is 5. The summed E-state index contributed by atoms with van der Waals surface area (Å²) in [6, 6.07) is -2.11. The van der Waals surface area contributed by atoms with E-state index in [0.29, 0.717) is 0 Å². The van der Waals surface area contributed by atoms with Gasteiger partial charge in [0, 0.05) is 18.3 Å². The Hall–Kier alpha value is -2.89. The summed E-state index contributed by atoms with van der Waals surface area (Å²) in [5.41, 5.74) is -2.38. The molecule has 12 heteroatoms. The van der Waals surface area contributed by atoms with Crippen molar-refractivity contribution in [3.05, 3.63) is 0 Å². The number of carbonyl (C=O) groups excluding carboxylic acids is 5. The number of rotatable bonds is 9. The first-order valence-electron chi connectivity index (χ1n) is 11.8. The monoisotopic (exact) mass is 499 g/mol. The van der Waals surface area contributed by atoms with Crippen LogP contribution in [0.3, 0.4) is 0 Å². The van der Waals surface area contributed by atoms with Crippen molar-refractivity contribution < 1.29 is 43.3 Å². The molecule has 0 aromatic heterocycles. The van der Waals surface area contributed by atoms with Gasteiger partial charge in [-0.2, -0.15) is 0 Å². The van der Waals surface area contributed by atoms with Crippen LogP contribution < -0.4 is 16.0 Å². The van der Waals surface area contributed by atoms with E-state index in [9.17, 15) is 29.1 Å². The first kappa shape index (κ1) is 28.3. The molecule has 3 amide bonds. The predicted octanol–water partition coefficient (Wildman–Crippen LogP) is 0.0123. The molecule has 2 aliphatic carbocycles. The van der Waals surface area contributed by atoms with Crippen LogP contribution in [0.4, 0.5) is 4.79 Å². The van der Waals surface area contributed by atoms with Crippen molar-refractivity contribution in [2.75, 3.05) is 13.2 Å². The highest BCUT2D eigenvalue weighted by atomic mass is 16.6. The first-order valence-corrected chi connectivity index (χ1v) is 11.8. The molecule has 2 aliphatic rings. The number of alkyl carbamates (subject to hydrolysis) is 1. The zero-order valence-electron chi connectivity index (χ0n) is 21.3. The number of esters is 2. The summed E-state index contributed by atoms with van der Waals surface area (Å²) in [5, 5.41) is 18.0. The summed E-state index contributed by atoms with van der Waals surface area (Å²) < 4.78 is 15.4. The van der Waals surface area contributed by atoms with Gasteiger partial charge < -0.3 is 35.3 Å². The van der Waals surface area contributed by atoms with Gasteiger partial charge in [-0.05, 0) is 48.5 Å². The Bertz CT molecular complexity index is 856. The normalized spacial score (nSPS) is 28.6. The zero-order valence-corrected chi connectivity index (χ0v) is 21.3. The standard InChI is InChI=1S/C23H37N3O9/c1-8-33-19(30)15-14-13(27)10-23(16(14)15,20(31)34-9-2)26-18(29)12(4)24-17(28)11(3)25-21(32)35-22(5,6)7/h11-16,27H,8-10H2,1-7H3,(H,24,28)(H,25,32)(H,26,29)/t11-,12-,13?,14?,15?,16?,23?/m0/s1. The molecule has 2 rings (SSSR count). The second-order valence-corrected chi connectivity index (χ2v) is 9.93. The molecule has 12 nitrogen and oxygen atoms in total. The quantitative estimate of drug-likeness (QED) is 0.252. The Labute approximate surface area is 204 Å². The SMILES string of the molecule is CCOC(=O)C1C2C(O)CC(NC(=O)[C@H](C)NC(=O)[C@H](C)NC(=O)OC(C)(C)C)(C(=O)OCC)C12. The molecule has 5 unspecified atom stereocenters. The van der Waals surface area contributed by atoms with Crippen molar-refractivity contribution in [1.29, 1.82) is 0 Å². The third-order valence-electron chi connectivity index (χ3n) is 6.04. The molecule has 0 saturated heterocycles. The van der Waals surface area contributed by atoms with Gasteiger partial charge in [0.2, 0.25) is 11.8 Å². The van der Waals surface area contributed by atoms with Crippen molar-refractivity contribution in [3.63, 3.8) is 0 Å². The number of amides is 3. The Kier molecular flexibility index (Phi) is 8.75. The van der Waals surface area contributed by atoms with Gasteiger partial charge in [0.25, 0.3) is 0 Å². The lowest BCUT2D eigenvalue weighted by Gasteiger charge is -2.32. The predicted molar refractivity (Wildman–Crippen MR) is 122 cm³/mol. The first-order chi connectivity index (χ1) is 16.2. The Morgan fingerprint density at radius 2 is 1.54 bits per heavy atom. The fourth-order valence-electron chi connectivity index (χ4n) is 4.54. The number of hydrogen-bond donors (Lipinski definition) is 4. The average Bonchev–Trinajstić information content (AvgIpc) is 3.41. The molecule has 2 fully saturated rings. The minimum atomic E-state index is -1.63. The molecule has 0 aliphatic heterocycles. The molecule has 0 heterocycles. The Balaban J connectivity index is 2.09. The largest absolute Gasteiger partial charge is 0.466 e.